The van der Waals surface area contributed by atoms with Gasteiger partial charge < -0.3 is 9.72 Å². The number of aryl methyl sites for hydroxylation is 1. The van der Waals surface area contributed by atoms with Crippen molar-refractivity contribution in [3.63, 3.8) is 0 Å². The molecule has 0 unspecified atom stereocenters. The number of hydrogen-bond acceptors (Lipinski definition) is 3. The van der Waals surface area contributed by atoms with E-state index in [0.717, 1.165) is 12.1 Å². The van der Waals surface area contributed by atoms with E-state index in [4.69, 9.17) is 5.26 Å². The average Bonchev–Trinajstić information content (AvgIpc) is 2.46. The number of H-pyrrole nitrogens is 1. The Morgan fingerprint density at radius 2 is 2.00 bits per heavy atom. The van der Waals surface area contributed by atoms with Crippen LogP contribution in [0.25, 0.3) is 11.1 Å². The summed E-state index contributed by atoms with van der Waals surface area (Å²) in [5.74, 6) is -0.505. The van der Waals surface area contributed by atoms with E-state index in [2.05, 4.69) is 9.72 Å². The van der Waals surface area contributed by atoms with Gasteiger partial charge in [0.2, 0.25) is 0 Å². The summed E-state index contributed by atoms with van der Waals surface area (Å²) < 4.78 is 54.3. The van der Waals surface area contributed by atoms with Gasteiger partial charge in [-0.05, 0) is 30.7 Å². The molecule has 1 N–H and O–H groups in total. The zero-order chi connectivity index (χ0) is 17.2. The van der Waals surface area contributed by atoms with Gasteiger partial charge in [-0.15, -0.1) is 0 Å². The molecule has 0 aliphatic carbocycles. The third-order valence-electron chi connectivity index (χ3n) is 2.93. The fraction of sp³-hybridized carbons (Fsp3) is 0.200. The zero-order valence-corrected chi connectivity index (χ0v) is 11.7. The lowest BCUT2D eigenvalue weighted by Crippen LogP contribution is -2.33. The minimum Gasteiger partial charge on any atom is -0.428 e. The van der Waals surface area contributed by atoms with E-state index in [1.54, 1.807) is 13.0 Å². The van der Waals surface area contributed by atoms with Gasteiger partial charge in [0.25, 0.3) is 5.56 Å². The Hall–Kier alpha value is -2.82. The second-order valence-corrected chi connectivity index (χ2v) is 4.67. The summed E-state index contributed by atoms with van der Waals surface area (Å²) in [7, 11) is 0. The molecule has 1 heterocycles. The molecule has 0 fully saturated rings. The number of aromatic amines is 1. The van der Waals surface area contributed by atoms with Crippen LogP contribution < -0.4 is 10.3 Å². The Balaban J connectivity index is 2.50. The van der Waals surface area contributed by atoms with Gasteiger partial charge in [0.15, 0.2) is 0 Å². The predicted octanol–water partition coefficient (Wildman–Crippen LogP) is 3.46. The SMILES string of the molecule is Cc1cc(-c2cccc(OC(F)(F)C(F)F)c2)c(C#N)c(=O)[nH]1. The van der Waals surface area contributed by atoms with E-state index in [9.17, 15) is 22.4 Å². The topological polar surface area (TPSA) is 65.9 Å². The summed E-state index contributed by atoms with van der Waals surface area (Å²) in [6, 6.07) is 8.08. The van der Waals surface area contributed by atoms with Crippen LogP contribution in [0.2, 0.25) is 0 Å². The Morgan fingerprint density at radius 1 is 1.30 bits per heavy atom. The molecular formula is C15H10F4N2O2. The van der Waals surface area contributed by atoms with E-state index in [1.165, 1.54) is 18.2 Å². The lowest BCUT2D eigenvalue weighted by molar-refractivity contribution is -0.253. The van der Waals surface area contributed by atoms with Crippen LogP contribution in [0.3, 0.4) is 0 Å². The van der Waals surface area contributed by atoms with Crippen LogP contribution in [0.1, 0.15) is 11.3 Å². The largest absolute Gasteiger partial charge is 0.461 e. The molecule has 1 aromatic heterocycles. The van der Waals surface area contributed by atoms with Crippen LogP contribution in [0.15, 0.2) is 35.1 Å². The number of hydrogen-bond donors (Lipinski definition) is 1. The van der Waals surface area contributed by atoms with Crippen molar-refractivity contribution < 1.29 is 22.3 Å². The minimum absolute atomic E-state index is 0.194. The molecule has 0 aliphatic heterocycles. The number of nitrogens with zero attached hydrogens (tertiary/aromatic N) is 1. The maximum Gasteiger partial charge on any atom is 0.461 e. The third kappa shape index (κ3) is 3.51. The maximum atomic E-state index is 13.0. The first-order valence-electron chi connectivity index (χ1n) is 6.34. The molecule has 0 saturated heterocycles. The molecule has 2 rings (SSSR count). The first kappa shape index (κ1) is 16.5. The van der Waals surface area contributed by atoms with Gasteiger partial charge >= 0.3 is 12.5 Å². The molecule has 0 radical (unpaired) electrons. The van der Waals surface area contributed by atoms with Crippen LogP contribution in [0, 0.1) is 18.3 Å². The maximum absolute atomic E-state index is 13.0. The van der Waals surface area contributed by atoms with Gasteiger partial charge in [-0.2, -0.15) is 22.8 Å². The highest BCUT2D eigenvalue weighted by atomic mass is 19.3. The summed E-state index contributed by atoms with van der Waals surface area (Å²) >= 11 is 0. The molecule has 1 aromatic carbocycles. The molecule has 120 valence electrons. The Morgan fingerprint density at radius 3 is 2.61 bits per heavy atom. The number of benzene rings is 1. The monoisotopic (exact) mass is 326 g/mol. The first-order valence-corrected chi connectivity index (χ1v) is 6.34. The number of halogens is 4. The van der Waals surface area contributed by atoms with Crippen molar-refractivity contribution in [3.05, 3.63) is 51.9 Å². The van der Waals surface area contributed by atoms with Gasteiger partial charge in [0.1, 0.15) is 17.4 Å². The summed E-state index contributed by atoms with van der Waals surface area (Å²) in [6.45, 7) is 1.58. The number of rotatable bonds is 4. The van der Waals surface area contributed by atoms with Crippen molar-refractivity contribution >= 4 is 0 Å². The van der Waals surface area contributed by atoms with Crippen LogP contribution in [0.4, 0.5) is 17.6 Å². The highest BCUT2D eigenvalue weighted by molar-refractivity contribution is 5.71. The summed E-state index contributed by atoms with van der Waals surface area (Å²) in [6.07, 6.45) is -8.62. The van der Waals surface area contributed by atoms with Crippen LogP contribution >= 0.6 is 0 Å². The number of ether oxygens (including phenoxy) is 1. The smallest absolute Gasteiger partial charge is 0.428 e. The molecule has 0 saturated carbocycles. The van der Waals surface area contributed by atoms with Crippen LogP contribution in [0.5, 0.6) is 5.75 Å². The lowest BCUT2D eigenvalue weighted by Gasteiger charge is -2.17. The van der Waals surface area contributed by atoms with Gasteiger partial charge in [-0.1, -0.05) is 12.1 Å². The molecule has 0 aliphatic rings. The number of nitrogens with one attached hydrogen (secondary N) is 1. The van der Waals surface area contributed by atoms with Crippen molar-refractivity contribution in [2.75, 3.05) is 0 Å². The van der Waals surface area contributed by atoms with Gasteiger partial charge in [-0.25, -0.2) is 0 Å². The van der Waals surface area contributed by atoms with Gasteiger partial charge in [0, 0.05) is 11.3 Å². The van der Waals surface area contributed by atoms with Crippen molar-refractivity contribution in [1.29, 1.82) is 5.26 Å². The van der Waals surface area contributed by atoms with Crippen molar-refractivity contribution in [3.8, 4) is 22.9 Å². The molecule has 0 atom stereocenters. The minimum atomic E-state index is -4.64. The molecule has 0 spiro atoms. The molecule has 2 aromatic rings. The van der Waals surface area contributed by atoms with Gasteiger partial charge in [0.05, 0.1) is 0 Å². The van der Waals surface area contributed by atoms with Crippen LogP contribution in [-0.2, 0) is 0 Å². The quantitative estimate of drug-likeness (QED) is 0.875. The summed E-state index contributed by atoms with van der Waals surface area (Å²) in [4.78, 5) is 14.2. The van der Waals surface area contributed by atoms with Crippen molar-refractivity contribution in [2.24, 2.45) is 0 Å². The van der Waals surface area contributed by atoms with Crippen molar-refractivity contribution in [2.45, 2.75) is 19.5 Å². The van der Waals surface area contributed by atoms with E-state index >= 15 is 0 Å². The number of pyridine rings is 1. The van der Waals surface area contributed by atoms with E-state index in [1.807, 2.05) is 0 Å². The molecule has 8 heteroatoms. The second-order valence-electron chi connectivity index (χ2n) is 4.67. The lowest BCUT2D eigenvalue weighted by atomic mass is 10.0. The summed E-state index contributed by atoms with van der Waals surface area (Å²) in [5, 5.41) is 9.06. The predicted molar refractivity (Wildman–Crippen MR) is 73.5 cm³/mol. The fourth-order valence-electron chi connectivity index (χ4n) is 1.96. The zero-order valence-electron chi connectivity index (χ0n) is 11.7. The summed E-state index contributed by atoms with van der Waals surface area (Å²) in [5.41, 5.74) is 0.0196. The van der Waals surface area contributed by atoms with E-state index in [0.29, 0.717) is 5.69 Å². The normalized spacial score (nSPS) is 11.3. The first-order chi connectivity index (χ1) is 10.7. The third-order valence-corrected chi connectivity index (χ3v) is 2.93. The van der Waals surface area contributed by atoms with Gasteiger partial charge in [-0.3, -0.25) is 4.79 Å². The fourth-order valence-corrected chi connectivity index (χ4v) is 1.96. The standard InChI is InChI=1S/C15H10F4N2O2/c1-8-5-11(12(7-20)13(22)21-8)9-3-2-4-10(6-9)23-15(18,19)14(16)17/h2-6,14H,1H3,(H,21,22). The highest BCUT2D eigenvalue weighted by Gasteiger charge is 2.44. The number of aromatic nitrogens is 1. The van der Waals surface area contributed by atoms with E-state index < -0.39 is 23.8 Å². The Labute approximate surface area is 127 Å². The molecular weight excluding hydrogens is 316 g/mol. The highest BCUT2D eigenvalue weighted by Crippen LogP contribution is 2.31. The average molecular weight is 326 g/mol. The van der Waals surface area contributed by atoms with Crippen LogP contribution in [-0.4, -0.2) is 17.5 Å². The van der Waals surface area contributed by atoms with E-state index in [-0.39, 0.29) is 16.7 Å². The Kier molecular flexibility index (Phi) is 4.40. The Bertz CT molecular complexity index is 825. The molecule has 4 nitrogen and oxygen atoms in total. The molecule has 0 bridgehead atoms. The van der Waals surface area contributed by atoms with Crippen molar-refractivity contribution in [1.82, 2.24) is 4.98 Å². The number of alkyl halides is 4. The second kappa shape index (κ2) is 6.12. The number of nitriles is 1. The molecule has 23 heavy (non-hydrogen) atoms. The molecule has 0 amide bonds.